The number of hydrogen-bond donors (Lipinski definition) is 2. The highest BCUT2D eigenvalue weighted by molar-refractivity contribution is 6.07. The van der Waals surface area contributed by atoms with Crippen LogP contribution in [0.3, 0.4) is 0 Å². The van der Waals surface area contributed by atoms with Gasteiger partial charge in [-0.15, -0.1) is 4.99 Å². The molecule has 0 aliphatic heterocycles. The van der Waals surface area contributed by atoms with E-state index in [1.165, 1.54) is 26.0 Å². The minimum Gasteiger partial charge on any atom is -0.493 e. The molecule has 0 saturated heterocycles. The molecule has 2 amide bonds. The standard InChI is InChI=1S/C32H40N6O7/c1-31(2,3)44-29(39)34-28(35-30(40)45-32(4,5)6)38-27(33)24(20-17-37(7)21-14-12-11-13-19(20)21)25(36-38)18-15-22(41-8)26(43-10)23(16-18)42-9/h11-17H,33H2,1-10H3,(H,34,35,39,40). The number of nitrogens with two attached hydrogens (primary N) is 1. The molecule has 2 aromatic heterocycles. The fraction of sp³-hybridized carbons (Fsp3) is 0.375. The van der Waals surface area contributed by atoms with E-state index in [0.29, 0.717) is 34.1 Å². The van der Waals surface area contributed by atoms with Crippen molar-refractivity contribution in [1.29, 1.82) is 0 Å². The summed E-state index contributed by atoms with van der Waals surface area (Å²) in [5, 5.41) is 8.22. The van der Waals surface area contributed by atoms with Crippen LogP contribution >= 0.6 is 0 Å². The predicted octanol–water partition coefficient (Wildman–Crippen LogP) is 5.98. The number of amides is 2. The number of ether oxygens (including phenoxy) is 5. The summed E-state index contributed by atoms with van der Waals surface area (Å²) in [7, 11) is 6.45. The van der Waals surface area contributed by atoms with Gasteiger partial charge in [-0.25, -0.2) is 9.59 Å². The van der Waals surface area contributed by atoms with Crippen molar-refractivity contribution in [2.24, 2.45) is 12.0 Å². The van der Waals surface area contributed by atoms with Gasteiger partial charge < -0.3 is 34.0 Å². The first kappa shape index (κ1) is 32.7. The largest absolute Gasteiger partial charge is 0.493 e. The molecule has 0 spiro atoms. The van der Waals surface area contributed by atoms with Crippen LogP contribution in [-0.4, -0.2) is 65.0 Å². The SMILES string of the molecule is COc1cc(-c2nn(/C(=N/C(=O)OC(C)(C)C)NC(=O)OC(C)(C)C)c(N)c2-c2cn(C)c3ccccc23)cc(OC)c1OC. The number of fused-ring (bicyclic) bond motifs is 1. The summed E-state index contributed by atoms with van der Waals surface area (Å²) in [4.78, 5) is 30.0. The third kappa shape index (κ3) is 7.14. The zero-order valence-corrected chi connectivity index (χ0v) is 27.3. The predicted molar refractivity (Wildman–Crippen MR) is 172 cm³/mol. The summed E-state index contributed by atoms with van der Waals surface area (Å²) in [6.07, 6.45) is 0.0841. The van der Waals surface area contributed by atoms with Crippen LogP contribution in [0.1, 0.15) is 41.5 Å². The fourth-order valence-electron chi connectivity index (χ4n) is 4.71. The van der Waals surface area contributed by atoms with Crippen LogP contribution in [0, 0.1) is 0 Å². The fourth-order valence-corrected chi connectivity index (χ4v) is 4.71. The second-order valence-corrected chi connectivity index (χ2v) is 12.1. The third-order valence-electron chi connectivity index (χ3n) is 6.43. The van der Waals surface area contributed by atoms with Gasteiger partial charge in [-0.05, 0) is 59.7 Å². The van der Waals surface area contributed by atoms with Gasteiger partial charge in [-0.1, -0.05) is 18.2 Å². The highest BCUT2D eigenvalue weighted by Gasteiger charge is 2.29. The molecular weight excluding hydrogens is 580 g/mol. The van der Waals surface area contributed by atoms with E-state index in [2.05, 4.69) is 10.3 Å². The number of carbonyl (C=O) groups is 2. The van der Waals surface area contributed by atoms with Crippen molar-refractivity contribution in [2.75, 3.05) is 27.1 Å². The topological polar surface area (TPSA) is 153 Å². The molecule has 0 fully saturated rings. The zero-order valence-electron chi connectivity index (χ0n) is 27.3. The molecule has 0 radical (unpaired) electrons. The Hall–Kier alpha value is -5.20. The number of hydrogen-bond acceptors (Lipinski definition) is 9. The van der Waals surface area contributed by atoms with E-state index in [1.54, 1.807) is 53.7 Å². The molecule has 0 aliphatic rings. The normalized spacial score (nSPS) is 12.2. The number of aromatic nitrogens is 3. The number of aliphatic imine (C=N–C) groups is 1. The monoisotopic (exact) mass is 620 g/mol. The first-order valence-corrected chi connectivity index (χ1v) is 14.1. The van der Waals surface area contributed by atoms with Crippen LogP contribution in [0.2, 0.25) is 0 Å². The van der Waals surface area contributed by atoms with Gasteiger partial charge in [0.25, 0.3) is 0 Å². The number of carbonyl (C=O) groups excluding carboxylic acids is 2. The van der Waals surface area contributed by atoms with E-state index in [4.69, 9.17) is 34.5 Å². The summed E-state index contributed by atoms with van der Waals surface area (Å²) in [6.45, 7) is 10.2. The average molecular weight is 621 g/mol. The lowest BCUT2D eigenvalue weighted by Crippen LogP contribution is -2.41. The van der Waals surface area contributed by atoms with Crippen molar-refractivity contribution < 1.29 is 33.3 Å². The Morgan fingerprint density at radius 3 is 2.07 bits per heavy atom. The number of benzene rings is 2. The van der Waals surface area contributed by atoms with Crippen LogP contribution in [0.25, 0.3) is 33.3 Å². The van der Waals surface area contributed by atoms with Crippen molar-refractivity contribution >= 4 is 34.9 Å². The van der Waals surface area contributed by atoms with Crippen LogP contribution in [0.4, 0.5) is 15.4 Å². The molecular formula is C32H40N6O7. The lowest BCUT2D eigenvalue weighted by atomic mass is 9.99. The molecule has 2 aromatic carbocycles. The van der Waals surface area contributed by atoms with E-state index in [0.717, 1.165) is 16.5 Å². The average Bonchev–Trinajstić information content (AvgIpc) is 3.46. The number of nitrogens with one attached hydrogen (secondary N) is 1. The number of alkyl carbamates (subject to hydrolysis) is 1. The second kappa shape index (κ2) is 12.4. The van der Waals surface area contributed by atoms with Gasteiger partial charge in [-0.2, -0.15) is 9.78 Å². The van der Waals surface area contributed by atoms with Crippen LogP contribution in [-0.2, 0) is 16.5 Å². The molecule has 0 atom stereocenters. The molecule has 240 valence electrons. The number of methoxy groups -OCH3 is 3. The molecule has 0 bridgehead atoms. The summed E-state index contributed by atoms with van der Waals surface area (Å²) in [6, 6.07) is 11.3. The Kier molecular flexibility index (Phi) is 9.03. The minimum absolute atomic E-state index is 0.0773. The number of nitrogen functional groups attached to an aromatic ring is 1. The van der Waals surface area contributed by atoms with Gasteiger partial charge in [0.2, 0.25) is 11.7 Å². The Morgan fingerprint density at radius 2 is 1.51 bits per heavy atom. The molecule has 0 unspecified atom stereocenters. The number of para-hydroxylation sites is 1. The molecule has 4 rings (SSSR count). The first-order valence-electron chi connectivity index (χ1n) is 14.1. The minimum atomic E-state index is -0.968. The Morgan fingerprint density at radius 1 is 0.911 bits per heavy atom. The molecule has 45 heavy (non-hydrogen) atoms. The van der Waals surface area contributed by atoms with E-state index >= 15 is 0 Å². The number of anilines is 1. The van der Waals surface area contributed by atoms with Gasteiger partial charge in [0.05, 0.1) is 26.9 Å². The van der Waals surface area contributed by atoms with Crippen LogP contribution in [0.5, 0.6) is 17.2 Å². The summed E-state index contributed by atoms with van der Waals surface area (Å²) in [5.41, 5.74) is 8.28. The summed E-state index contributed by atoms with van der Waals surface area (Å²) < 4.78 is 30.7. The summed E-state index contributed by atoms with van der Waals surface area (Å²) >= 11 is 0. The van der Waals surface area contributed by atoms with Gasteiger partial charge in [0, 0.05) is 35.3 Å². The van der Waals surface area contributed by atoms with Crippen molar-refractivity contribution in [3.8, 4) is 39.6 Å². The molecule has 0 saturated carbocycles. The highest BCUT2D eigenvalue weighted by Crippen LogP contribution is 2.45. The number of rotatable bonds is 5. The Bertz CT molecular complexity index is 1750. The third-order valence-corrected chi connectivity index (χ3v) is 6.43. The molecule has 13 heteroatoms. The van der Waals surface area contributed by atoms with Gasteiger partial charge in [0.15, 0.2) is 11.5 Å². The van der Waals surface area contributed by atoms with Crippen molar-refractivity contribution in [2.45, 2.75) is 52.7 Å². The first-order chi connectivity index (χ1) is 21.1. The maximum Gasteiger partial charge on any atom is 0.437 e. The lowest BCUT2D eigenvalue weighted by Gasteiger charge is -2.21. The van der Waals surface area contributed by atoms with Crippen LogP contribution < -0.4 is 25.3 Å². The molecule has 0 aliphatic carbocycles. The molecule has 3 N–H and O–H groups in total. The Balaban J connectivity index is 2.04. The molecule has 2 heterocycles. The van der Waals surface area contributed by atoms with Crippen molar-refractivity contribution in [3.63, 3.8) is 0 Å². The maximum absolute atomic E-state index is 13.0. The number of nitrogens with zero attached hydrogens (tertiary/aromatic N) is 4. The summed E-state index contributed by atoms with van der Waals surface area (Å²) in [5.74, 6) is 0.919. The second-order valence-electron chi connectivity index (χ2n) is 12.1. The van der Waals surface area contributed by atoms with E-state index < -0.39 is 23.4 Å². The van der Waals surface area contributed by atoms with Crippen molar-refractivity contribution in [3.05, 3.63) is 42.6 Å². The van der Waals surface area contributed by atoms with Gasteiger partial charge >= 0.3 is 12.2 Å². The van der Waals surface area contributed by atoms with E-state index in [9.17, 15) is 9.59 Å². The van der Waals surface area contributed by atoms with E-state index in [1.807, 2.05) is 42.1 Å². The van der Waals surface area contributed by atoms with E-state index in [-0.39, 0.29) is 11.8 Å². The smallest absolute Gasteiger partial charge is 0.437 e. The van der Waals surface area contributed by atoms with Crippen molar-refractivity contribution in [1.82, 2.24) is 19.7 Å². The number of aryl methyl sites for hydroxylation is 1. The Labute approximate surface area is 261 Å². The molecule has 4 aromatic rings. The quantitative estimate of drug-likeness (QED) is 0.203. The van der Waals surface area contributed by atoms with Gasteiger partial charge in [0.1, 0.15) is 22.7 Å². The lowest BCUT2D eigenvalue weighted by molar-refractivity contribution is 0.0560. The highest BCUT2D eigenvalue weighted by atomic mass is 16.6. The van der Waals surface area contributed by atoms with Gasteiger partial charge in [-0.3, -0.25) is 5.32 Å². The maximum atomic E-state index is 13.0. The van der Waals surface area contributed by atoms with Crippen LogP contribution in [0.15, 0.2) is 47.6 Å². The zero-order chi connectivity index (χ0) is 33.3. The molecule has 13 nitrogen and oxygen atoms in total.